The zero-order valence-electron chi connectivity index (χ0n) is 18.8. The molecule has 3 N–H and O–H groups in total. The molecule has 3 heterocycles. The van der Waals surface area contributed by atoms with Crippen LogP contribution < -0.4 is 20.4 Å². The number of pyridine rings is 2. The average Bonchev–Trinajstić information content (AvgIpc) is 2.79. The number of hydrogen-bond acceptors (Lipinski definition) is 6. The van der Waals surface area contributed by atoms with Crippen molar-refractivity contribution in [2.45, 2.75) is 20.0 Å². The van der Waals surface area contributed by atoms with E-state index in [-0.39, 0.29) is 16.1 Å². The van der Waals surface area contributed by atoms with Crippen LogP contribution in [-0.2, 0) is 10.7 Å². The SMILES string of the molecule is Cc1c(-c2c(C(F)(F)F)ncc3c2C(=O)N(c2ccc(C)n(OP(=O)(O)O)c2=O)CN3)ccc(F)c1F. The molecule has 0 atom stereocenters. The van der Waals surface area contributed by atoms with Crippen LogP contribution in [-0.4, -0.2) is 32.1 Å². The van der Waals surface area contributed by atoms with Gasteiger partial charge in [-0.1, -0.05) is 6.07 Å². The summed E-state index contributed by atoms with van der Waals surface area (Å²) in [6.45, 7) is 1.85. The first-order valence-corrected chi connectivity index (χ1v) is 11.7. The Balaban J connectivity index is 1.97. The topological polar surface area (TPSA) is 134 Å². The van der Waals surface area contributed by atoms with E-state index in [9.17, 15) is 36.1 Å². The van der Waals surface area contributed by atoms with Crippen molar-refractivity contribution in [3.05, 3.63) is 75.0 Å². The molecule has 16 heteroatoms. The van der Waals surface area contributed by atoms with Crippen LogP contribution in [0.5, 0.6) is 0 Å². The maximum atomic E-state index is 14.3. The number of aryl methyl sites for hydroxylation is 1. The van der Waals surface area contributed by atoms with E-state index in [4.69, 9.17) is 9.79 Å². The van der Waals surface area contributed by atoms with Crippen LogP contribution in [0.4, 0.5) is 33.3 Å². The van der Waals surface area contributed by atoms with Gasteiger partial charge in [0.1, 0.15) is 5.69 Å². The second-order valence-corrected chi connectivity index (χ2v) is 9.05. The van der Waals surface area contributed by atoms with Gasteiger partial charge in [0.25, 0.3) is 5.91 Å². The van der Waals surface area contributed by atoms with E-state index < -0.39 is 77.4 Å². The molecule has 196 valence electrons. The second kappa shape index (κ2) is 8.94. The predicted octanol–water partition coefficient (Wildman–Crippen LogP) is 3.38. The molecule has 0 spiro atoms. The Bertz CT molecular complexity index is 1550. The first kappa shape index (κ1) is 26.3. The predicted molar refractivity (Wildman–Crippen MR) is 119 cm³/mol. The first-order chi connectivity index (χ1) is 17.1. The molecule has 0 aliphatic carbocycles. The van der Waals surface area contributed by atoms with Gasteiger partial charge in [-0.3, -0.25) is 24.3 Å². The van der Waals surface area contributed by atoms with Crippen LogP contribution in [0.15, 0.2) is 35.3 Å². The summed E-state index contributed by atoms with van der Waals surface area (Å²) in [7, 11) is -5.21. The Morgan fingerprint density at radius 2 is 1.76 bits per heavy atom. The molecule has 0 fully saturated rings. The minimum absolute atomic E-state index is 0.0587. The molecule has 3 aromatic rings. The molecule has 1 amide bonds. The maximum absolute atomic E-state index is 14.3. The number of benzene rings is 1. The van der Waals surface area contributed by atoms with Crippen molar-refractivity contribution in [3.63, 3.8) is 0 Å². The van der Waals surface area contributed by atoms with Crippen molar-refractivity contribution in [2.24, 2.45) is 0 Å². The number of carbonyl (C=O) groups is 1. The third-order valence-corrected chi connectivity index (χ3v) is 5.90. The van der Waals surface area contributed by atoms with E-state index in [1.54, 1.807) is 0 Å². The molecule has 1 aliphatic heterocycles. The van der Waals surface area contributed by atoms with E-state index >= 15 is 0 Å². The summed E-state index contributed by atoms with van der Waals surface area (Å²) in [5.41, 5.74) is -5.94. The van der Waals surface area contributed by atoms with Gasteiger partial charge in [0.15, 0.2) is 17.3 Å². The fourth-order valence-electron chi connectivity index (χ4n) is 3.85. The summed E-state index contributed by atoms with van der Waals surface area (Å²) in [4.78, 5) is 48.8. The van der Waals surface area contributed by atoms with Gasteiger partial charge < -0.3 is 9.94 Å². The zero-order valence-corrected chi connectivity index (χ0v) is 19.7. The summed E-state index contributed by atoms with van der Waals surface area (Å²) in [5.74, 6) is -3.89. The summed E-state index contributed by atoms with van der Waals surface area (Å²) >= 11 is 0. The van der Waals surface area contributed by atoms with Crippen molar-refractivity contribution >= 4 is 25.1 Å². The maximum Gasteiger partial charge on any atom is 0.543 e. The Morgan fingerprint density at radius 1 is 1.08 bits per heavy atom. The van der Waals surface area contributed by atoms with Gasteiger partial charge in [-0.2, -0.15) is 13.2 Å². The molecule has 37 heavy (non-hydrogen) atoms. The molecule has 0 unspecified atom stereocenters. The highest BCUT2D eigenvalue weighted by Gasteiger charge is 2.41. The molecule has 4 rings (SSSR count). The fraction of sp³-hybridized carbons (Fsp3) is 0.190. The summed E-state index contributed by atoms with van der Waals surface area (Å²) < 4.78 is 85.9. The Hall–Kier alpha value is -3.81. The Kier molecular flexibility index (Phi) is 6.34. The lowest BCUT2D eigenvalue weighted by Gasteiger charge is -2.31. The molecule has 1 aromatic carbocycles. The van der Waals surface area contributed by atoms with E-state index in [2.05, 4.69) is 14.9 Å². The van der Waals surface area contributed by atoms with Crippen LogP contribution in [0.1, 0.15) is 27.3 Å². The number of anilines is 2. The fourth-order valence-corrected chi connectivity index (χ4v) is 4.26. The Morgan fingerprint density at radius 3 is 2.38 bits per heavy atom. The van der Waals surface area contributed by atoms with Crippen molar-refractivity contribution < 1.29 is 45.7 Å². The Labute approximate surface area is 204 Å². The number of rotatable bonds is 4. The van der Waals surface area contributed by atoms with Crippen LogP contribution in [0, 0.1) is 25.5 Å². The normalized spacial score (nSPS) is 13.9. The standard InChI is InChI=1S/C21H16F5N4O6P/c1-9-3-6-14(19(31)30(9)36-37(33,34)35)29-8-28-13-7-27-18(21(24,25)26)15(16(13)20(29)32)11-4-5-12(22)17(23)10(11)2/h3-7,28H,8H2,1-2H3,(H2,33,34,35). The largest absolute Gasteiger partial charge is 0.543 e. The number of nitrogens with zero attached hydrogens (tertiary/aromatic N) is 3. The number of aromatic nitrogens is 2. The molecule has 0 radical (unpaired) electrons. The third kappa shape index (κ3) is 4.68. The van der Waals surface area contributed by atoms with Crippen LogP contribution in [0.3, 0.4) is 0 Å². The highest BCUT2D eigenvalue weighted by atomic mass is 31.2. The quantitative estimate of drug-likeness (QED) is 0.335. The molecule has 0 saturated heterocycles. The van der Waals surface area contributed by atoms with Crippen molar-refractivity contribution in [2.75, 3.05) is 16.9 Å². The summed E-state index contributed by atoms with van der Waals surface area (Å²) in [6, 6.07) is 3.77. The van der Waals surface area contributed by atoms with Crippen LogP contribution in [0.2, 0.25) is 0 Å². The van der Waals surface area contributed by atoms with Gasteiger partial charge in [-0.25, -0.2) is 18.3 Å². The number of phosphoric acid groups is 1. The van der Waals surface area contributed by atoms with Crippen molar-refractivity contribution in [1.29, 1.82) is 0 Å². The molecular formula is C21H16F5N4O6P. The molecule has 1 aliphatic rings. The smallest absolute Gasteiger partial charge is 0.365 e. The van der Waals surface area contributed by atoms with Gasteiger partial charge in [-0.05, 0) is 43.2 Å². The number of alkyl halides is 3. The van der Waals surface area contributed by atoms with Crippen molar-refractivity contribution in [1.82, 2.24) is 9.71 Å². The number of hydrogen-bond donors (Lipinski definition) is 3. The average molecular weight is 546 g/mol. The molecular weight excluding hydrogens is 530 g/mol. The lowest BCUT2D eigenvalue weighted by Crippen LogP contribution is -2.45. The summed E-state index contributed by atoms with van der Waals surface area (Å²) in [6.07, 6.45) is -4.37. The third-order valence-electron chi connectivity index (χ3n) is 5.53. The van der Waals surface area contributed by atoms with E-state index in [1.165, 1.54) is 13.0 Å². The number of carbonyl (C=O) groups excluding carboxylic acids is 1. The molecule has 0 saturated carbocycles. The number of amides is 1. The summed E-state index contributed by atoms with van der Waals surface area (Å²) in [5, 5.41) is 2.65. The lowest BCUT2D eigenvalue weighted by atomic mass is 9.91. The first-order valence-electron chi connectivity index (χ1n) is 10.2. The second-order valence-electron chi connectivity index (χ2n) is 7.90. The number of halogens is 5. The van der Waals surface area contributed by atoms with Crippen LogP contribution in [0.25, 0.3) is 11.1 Å². The van der Waals surface area contributed by atoms with E-state index in [0.717, 1.165) is 25.3 Å². The number of nitrogens with one attached hydrogen (secondary N) is 1. The highest BCUT2D eigenvalue weighted by Crippen LogP contribution is 2.43. The van der Waals surface area contributed by atoms with Crippen molar-refractivity contribution in [3.8, 4) is 11.1 Å². The lowest BCUT2D eigenvalue weighted by molar-refractivity contribution is -0.140. The number of fused-ring (bicyclic) bond motifs is 1. The van der Waals surface area contributed by atoms with Crippen LogP contribution >= 0.6 is 7.82 Å². The van der Waals surface area contributed by atoms with Gasteiger partial charge in [0.2, 0.25) is 0 Å². The van der Waals surface area contributed by atoms with Gasteiger partial charge in [0, 0.05) is 5.56 Å². The molecule has 2 aromatic heterocycles. The highest BCUT2D eigenvalue weighted by molar-refractivity contribution is 7.46. The minimum atomic E-state index is -5.21. The van der Waals surface area contributed by atoms with E-state index in [0.29, 0.717) is 11.0 Å². The van der Waals surface area contributed by atoms with Gasteiger partial charge >= 0.3 is 19.6 Å². The van der Waals surface area contributed by atoms with Gasteiger partial charge in [0.05, 0.1) is 29.8 Å². The molecule has 0 bridgehead atoms. The molecule has 10 nitrogen and oxygen atoms in total. The van der Waals surface area contributed by atoms with Gasteiger partial charge in [-0.15, -0.1) is 4.73 Å². The monoisotopic (exact) mass is 546 g/mol. The minimum Gasteiger partial charge on any atom is -0.365 e. The van der Waals surface area contributed by atoms with E-state index in [1.807, 2.05) is 0 Å². The zero-order chi connectivity index (χ0) is 27.4.